The molecule has 1 aromatic rings. The van der Waals surface area contributed by atoms with Crippen molar-refractivity contribution in [2.45, 2.75) is 30.7 Å². The molecule has 0 radical (unpaired) electrons. The van der Waals surface area contributed by atoms with E-state index in [4.69, 9.17) is 21.1 Å². The summed E-state index contributed by atoms with van der Waals surface area (Å²) in [5.74, 6) is 0.889. The van der Waals surface area contributed by atoms with E-state index in [0.29, 0.717) is 6.61 Å². The fourth-order valence-corrected chi connectivity index (χ4v) is 2.55. The van der Waals surface area contributed by atoms with Crippen LogP contribution in [-0.4, -0.2) is 19.3 Å². The highest BCUT2D eigenvalue weighted by Gasteiger charge is 2.15. The molecule has 1 atom stereocenters. The van der Waals surface area contributed by atoms with Crippen molar-refractivity contribution in [1.29, 1.82) is 0 Å². The van der Waals surface area contributed by atoms with Gasteiger partial charge in [0.05, 0.1) is 6.10 Å². The largest absolute Gasteiger partial charge is 0.491 e. The van der Waals surface area contributed by atoms with E-state index in [0.717, 1.165) is 34.7 Å². The van der Waals surface area contributed by atoms with Crippen molar-refractivity contribution in [3.63, 3.8) is 0 Å². The maximum atomic E-state index is 5.94. The van der Waals surface area contributed by atoms with Crippen molar-refractivity contribution in [1.82, 2.24) is 0 Å². The van der Waals surface area contributed by atoms with E-state index < -0.39 is 0 Å². The predicted molar refractivity (Wildman–Crippen MR) is 73.2 cm³/mol. The standard InChI is InChI=1S/C13H16BrClO2/c14-8-10-7-11(15)4-5-13(10)17-9-12-3-1-2-6-16-12/h4-5,7,12H,1-3,6,8-9H2. The molecule has 0 aromatic heterocycles. The zero-order chi connectivity index (χ0) is 12.1. The third kappa shape index (κ3) is 3.87. The average molecular weight is 320 g/mol. The predicted octanol–water partition coefficient (Wildman–Crippen LogP) is 4.18. The Labute approximate surface area is 115 Å². The molecule has 1 saturated heterocycles. The molecule has 1 unspecified atom stereocenters. The van der Waals surface area contributed by atoms with E-state index in [1.54, 1.807) is 0 Å². The summed E-state index contributed by atoms with van der Waals surface area (Å²) in [5, 5.41) is 1.48. The van der Waals surface area contributed by atoms with E-state index in [2.05, 4.69) is 15.9 Å². The fraction of sp³-hybridized carbons (Fsp3) is 0.538. The molecule has 0 amide bonds. The van der Waals surface area contributed by atoms with E-state index in [-0.39, 0.29) is 6.10 Å². The molecule has 1 aliphatic rings. The first kappa shape index (κ1) is 13.2. The summed E-state index contributed by atoms with van der Waals surface area (Å²) >= 11 is 9.38. The molecular weight excluding hydrogens is 303 g/mol. The number of ether oxygens (including phenoxy) is 2. The van der Waals surface area contributed by atoms with Crippen molar-refractivity contribution < 1.29 is 9.47 Å². The highest BCUT2D eigenvalue weighted by atomic mass is 79.9. The highest BCUT2D eigenvalue weighted by Crippen LogP contribution is 2.25. The maximum Gasteiger partial charge on any atom is 0.123 e. The summed E-state index contributed by atoms with van der Waals surface area (Å²) in [6.07, 6.45) is 3.74. The monoisotopic (exact) mass is 318 g/mol. The Morgan fingerprint density at radius 1 is 1.41 bits per heavy atom. The molecule has 0 N–H and O–H groups in total. The van der Waals surface area contributed by atoms with Gasteiger partial charge >= 0.3 is 0 Å². The van der Waals surface area contributed by atoms with E-state index in [1.165, 1.54) is 12.8 Å². The Kier molecular flexibility index (Phi) is 5.14. The van der Waals surface area contributed by atoms with Crippen LogP contribution in [0.3, 0.4) is 0 Å². The molecule has 0 spiro atoms. The Morgan fingerprint density at radius 3 is 3.00 bits per heavy atom. The quantitative estimate of drug-likeness (QED) is 0.775. The normalized spacial score (nSPS) is 20.2. The minimum absolute atomic E-state index is 0.239. The number of hydrogen-bond donors (Lipinski definition) is 0. The van der Waals surface area contributed by atoms with Crippen molar-refractivity contribution >= 4 is 27.5 Å². The highest BCUT2D eigenvalue weighted by molar-refractivity contribution is 9.08. The molecular formula is C13H16BrClO2. The van der Waals surface area contributed by atoms with Gasteiger partial charge in [-0.3, -0.25) is 0 Å². The zero-order valence-electron chi connectivity index (χ0n) is 9.62. The van der Waals surface area contributed by atoms with Gasteiger partial charge in [0, 0.05) is 22.5 Å². The molecule has 0 bridgehead atoms. The van der Waals surface area contributed by atoms with E-state index >= 15 is 0 Å². The molecule has 1 aliphatic heterocycles. The van der Waals surface area contributed by atoms with Gasteiger partial charge in [0.1, 0.15) is 12.4 Å². The maximum absolute atomic E-state index is 5.94. The number of halogens is 2. The number of benzene rings is 1. The van der Waals surface area contributed by atoms with Crippen LogP contribution in [-0.2, 0) is 10.1 Å². The van der Waals surface area contributed by atoms with Crippen LogP contribution in [0.5, 0.6) is 5.75 Å². The zero-order valence-corrected chi connectivity index (χ0v) is 12.0. The molecule has 94 valence electrons. The Hall–Kier alpha value is -0.250. The molecule has 0 saturated carbocycles. The van der Waals surface area contributed by atoms with Crippen LogP contribution in [0.15, 0.2) is 18.2 Å². The van der Waals surface area contributed by atoms with E-state index in [9.17, 15) is 0 Å². The molecule has 1 heterocycles. The molecule has 17 heavy (non-hydrogen) atoms. The number of hydrogen-bond acceptors (Lipinski definition) is 2. The second kappa shape index (κ2) is 6.62. The lowest BCUT2D eigenvalue weighted by Gasteiger charge is -2.23. The topological polar surface area (TPSA) is 18.5 Å². The van der Waals surface area contributed by atoms with Crippen LogP contribution in [0.2, 0.25) is 5.02 Å². The minimum atomic E-state index is 0.239. The van der Waals surface area contributed by atoms with Crippen LogP contribution in [0.25, 0.3) is 0 Å². The van der Waals surface area contributed by atoms with Gasteiger partial charge in [0.25, 0.3) is 0 Å². The summed E-state index contributed by atoms with van der Waals surface area (Å²) in [7, 11) is 0. The smallest absolute Gasteiger partial charge is 0.123 e. The first-order chi connectivity index (χ1) is 8.29. The van der Waals surface area contributed by atoms with Gasteiger partial charge in [0.2, 0.25) is 0 Å². The number of rotatable bonds is 4. The molecule has 2 rings (SSSR count). The van der Waals surface area contributed by atoms with Crippen molar-refractivity contribution in [3.8, 4) is 5.75 Å². The second-order valence-electron chi connectivity index (χ2n) is 4.19. The molecule has 1 aromatic carbocycles. The Bertz CT molecular complexity index is 364. The van der Waals surface area contributed by atoms with Gasteiger partial charge < -0.3 is 9.47 Å². The van der Waals surface area contributed by atoms with Crippen LogP contribution < -0.4 is 4.74 Å². The van der Waals surface area contributed by atoms with Gasteiger partial charge in [0.15, 0.2) is 0 Å². The van der Waals surface area contributed by atoms with Crippen LogP contribution >= 0.6 is 27.5 Å². The van der Waals surface area contributed by atoms with Gasteiger partial charge in [-0.2, -0.15) is 0 Å². The van der Waals surface area contributed by atoms with Crippen LogP contribution in [0, 0.1) is 0 Å². The van der Waals surface area contributed by atoms with Gasteiger partial charge in [-0.15, -0.1) is 0 Å². The van der Waals surface area contributed by atoms with Crippen LogP contribution in [0.1, 0.15) is 24.8 Å². The third-order valence-corrected chi connectivity index (χ3v) is 3.70. The lowest BCUT2D eigenvalue weighted by Crippen LogP contribution is -2.25. The minimum Gasteiger partial charge on any atom is -0.491 e. The lowest BCUT2D eigenvalue weighted by atomic mass is 10.1. The molecule has 1 fully saturated rings. The summed E-state index contributed by atoms with van der Waals surface area (Å²) in [4.78, 5) is 0. The first-order valence-corrected chi connectivity index (χ1v) is 7.38. The fourth-order valence-electron chi connectivity index (χ4n) is 1.91. The van der Waals surface area contributed by atoms with Crippen molar-refractivity contribution in [2.75, 3.05) is 13.2 Å². The van der Waals surface area contributed by atoms with E-state index in [1.807, 2.05) is 18.2 Å². The Balaban J connectivity index is 1.93. The second-order valence-corrected chi connectivity index (χ2v) is 5.18. The Morgan fingerprint density at radius 2 is 2.29 bits per heavy atom. The van der Waals surface area contributed by atoms with Crippen molar-refractivity contribution in [2.24, 2.45) is 0 Å². The van der Waals surface area contributed by atoms with Gasteiger partial charge in [-0.05, 0) is 37.5 Å². The summed E-state index contributed by atoms with van der Waals surface area (Å²) < 4.78 is 11.4. The summed E-state index contributed by atoms with van der Waals surface area (Å²) in [6.45, 7) is 1.49. The molecule has 4 heteroatoms. The average Bonchev–Trinajstić information content (AvgIpc) is 2.38. The number of alkyl halides is 1. The summed E-state index contributed by atoms with van der Waals surface area (Å²) in [6, 6.07) is 5.69. The SMILES string of the molecule is Clc1ccc(OCC2CCCCO2)c(CBr)c1. The lowest BCUT2D eigenvalue weighted by molar-refractivity contribution is -0.0111. The van der Waals surface area contributed by atoms with Crippen molar-refractivity contribution in [3.05, 3.63) is 28.8 Å². The third-order valence-electron chi connectivity index (χ3n) is 2.87. The molecule has 2 nitrogen and oxygen atoms in total. The van der Waals surface area contributed by atoms with Gasteiger partial charge in [-0.25, -0.2) is 0 Å². The van der Waals surface area contributed by atoms with Crippen LogP contribution in [0.4, 0.5) is 0 Å². The first-order valence-electron chi connectivity index (χ1n) is 5.88. The summed E-state index contributed by atoms with van der Waals surface area (Å²) in [5.41, 5.74) is 1.08. The van der Waals surface area contributed by atoms with Gasteiger partial charge in [-0.1, -0.05) is 27.5 Å². The molecule has 0 aliphatic carbocycles.